The van der Waals surface area contributed by atoms with E-state index in [4.69, 9.17) is 19.5 Å². The van der Waals surface area contributed by atoms with E-state index in [0.717, 1.165) is 10.8 Å². The highest BCUT2D eigenvalue weighted by Gasteiger charge is 2.18. The highest BCUT2D eigenvalue weighted by Crippen LogP contribution is 2.28. The van der Waals surface area contributed by atoms with Crippen molar-refractivity contribution in [2.24, 2.45) is 0 Å². The van der Waals surface area contributed by atoms with E-state index in [1.165, 1.54) is 14.0 Å². The fourth-order valence-electron chi connectivity index (χ4n) is 3.08. The number of fused-ring (bicyclic) bond motifs is 1. The Bertz CT molecular complexity index is 1150. The molecule has 0 radical (unpaired) electrons. The number of methoxy groups -OCH3 is 1. The Kier molecular flexibility index (Phi) is 7.65. The lowest BCUT2D eigenvalue weighted by atomic mass is 10.1. The summed E-state index contributed by atoms with van der Waals surface area (Å²) >= 11 is 0. The van der Waals surface area contributed by atoms with Crippen LogP contribution in [0.3, 0.4) is 0 Å². The Hall–Kier alpha value is -4.05. The van der Waals surface area contributed by atoms with Gasteiger partial charge in [0.1, 0.15) is 0 Å². The zero-order valence-electron chi connectivity index (χ0n) is 18.0. The summed E-state index contributed by atoms with van der Waals surface area (Å²) in [5, 5.41) is 13.8. The number of carbonyl (C=O) groups is 2. The molecule has 32 heavy (non-hydrogen) atoms. The molecule has 1 unspecified atom stereocenters. The summed E-state index contributed by atoms with van der Waals surface area (Å²) < 4.78 is 16.1. The van der Waals surface area contributed by atoms with Gasteiger partial charge in [0.05, 0.1) is 25.3 Å². The maximum atomic E-state index is 12.4. The second-order valence-electron chi connectivity index (χ2n) is 7.11. The summed E-state index contributed by atoms with van der Waals surface area (Å²) in [7, 11) is 1.49. The molecule has 0 saturated heterocycles. The molecule has 3 aromatic rings. The number of nitriles is 1. The third-order valence-electron chi connectivity index (χ3n) is 4.77. The van der Waals surface area contributed by atoms with Gasteiger partial charge in [-0.3, -0.25) is 9.59 Å². The molecule has 3 aromatic carbocycles. The zero-order chi connectivity index (χ0) is 22.9. The molecule has 1 N–H and O–H groups in total. The Morgan fingerprint density at radius 1 is 1.03 bits per heavy atom. The van der Waals surface area contributed by atoms with Crippen molar-refractivity contribution in [2.45, 2.75) is 25.9 Å². The summed E-state index contributed by atoms with van der Waals surface area (Å²) in [6, 6.07) is 20.3. The molecule has 0 heterocycles. The van der Waals surface area contributed by atoms with Crippen molar-refractivity contribution in [3.05, 3.63) is 66.2 Å². The average molecular weight is 432 g/mol. The molecule has 0 aromatic heterocycles. The van der Waals surface area contributed by atoms with Gasteiger partial charge in [-0.2, -0.15) is 5.26 Å². The van der Waals surface area contributed by atoms with Crippen LogP contribution in [0.4, 0.5) is 5.69 Å². The van der Waals surface area contributed by atoms with Crippen LogP contribution in [0.2, 0.25) is 0 Å². The molecule has 0 spiro atoms. The smallest absolute Gasteiger partial charge is 0.306 e. The van der Waals surface area contributed by atoms with Gasteiger partial charge < -0.3 is 19.5 Å². The van der Waals surface area contributed by atoms with Gasteiger partial charge in [0.15, 0.2) is 17.6 Å². The molecule has 0 aliphatic rings. The molecule has 0 fully saturated rings. The molecule has 164 valence electrons. The monoisotopic (exact) mass is 432 g/mol. The van der Waals surface area contributed by atoms with Crippen LogP contribution < -0.4 is 14.8 Å². The fraction of sp³-hybridized carbons (Fsp3) is 0.240. The first-order valence-electron chi connectivity index (χ1n) is 10.2. The van der Waals surface area contributed by atoms with Crippen LogP contribution in [0.25, 0.3) is 10.8 Å². The van der Waals surface area contributed by atoms with E-state index >= 15 is 0 Å². The largest absolute Gasteiger partial charge is 0.493 e. The van der Waals surface area contributed by atoms with Crippen LogP contribution >= 0.6 is 0 Å². The van der Waals surface area contributed by atoms with Crippen LogP contribution in [0.15, 0.2) is 60.7 Å². The van der Waals surface area contributed by atoms with Crippen molar-refractivity contribution in [3.8, 4) is 17.6 Å². The standard InChI is InChI=1S/C25H24N2O5/c1-17(25(29)27-21-11-10-19-6-3-4-7-20(19)15-21)32-24(28)8-5-13-31-22-12-9-18(16-26)14-23(22)30-2/h3-4,6-7,9-12,14-15,17H,5,8,13H2,1-2H3,(H,27,29). The molecule has 1 atom stereocenters. The first-order chi connectivity index (χ1) is 15.5. The maximum Gasteiger partial charge on any atom is 0.306 e. The zero-order valence-corrected chi connectivity index (χ0v) is 18.0. The van der Waals surface area contributed by atoms with Gasteiger partial charge in [0.2, 0.25) is 0 Å². The predicted molar refractivity (Wildman–Crippen MR) is 121 cm³/mol. The van der Waals surface area contributed by atoms with Crippen LogP contribution in [0, 0.1) is 11.3 Å². The molecule has 0 aliphatic heterocycles. The Balaban J connectivity index is 1.43. The van der Waals surface area contributed by atoms with Crippen LogP contribution in [-0.4, -0.2) is 31.7 Å². The number of amides is 1. The minimum absolute atomic E-state index is 0.103. The Labute approximate surface area is 186 Å². The number of hydrogen-bond donors (Lipinski definition) is 1. The topological polar surface area (TPSA) is 97.7 Å². The molecule has 7 heteroatoms. The van der Waals surface area contributed by atoms with Crippen LogP contribution in [0.1, 0.15) is 25.3 Å². The molecule has 3 rings (SSSR count). The quantitative estimate of drug-likeness (QED) is 0.396. The Morgan fingerprint density at radius 2 is 1.81 bits per heavy atom. The molecular weight excluding hydrogens is 408 g/mol. The van der Waals surface area contributed by atoms with Crippen molar-refractivity contribution in [2.75, 3.05) is 19.0 Å². The lowest BCUT2D eigenvalue weighted by Crippen LogP contribution is -2.30. The van der Waals surface area contributed by atoms with Gasteiger partial charge in [-0.25, -0.2) is 0 Å². The van der Waals surface area contributed by atoms with Crippen molar-refractivity contribution >= 4 is 28.3 Å². The molecule has 0 aliphatic carbocycles. The van der Waals surface area contributed by atoms with Crippen molar-refractivity contribution in [3.63, 3.8) is 0 Å². The van der Waals surface area contributed by atoms with Gasteiger partial charge in [0.25, 0.3) is 5.91 Å². The van der Waals surface area contributed by atoms with Gasteiger partial charge >= 0.3 is 5.97 Å². The van der Waals surface area contributed by atoms with Gasteiger partial charge in [-0.15, -0.1) is 0 Å². The highest BCUT2D eigenvalue weighted by molar-refractivity contribution is 5.97. The number of esters is 1. The second kappa shape index (κ2) is 10.8. The predicted octanol–water partition coefficient (Wildman–Crippen LogP) is 4.45. The third kappa shape index (κ3) is 5.99. The highest BCUT2D eigenvalue weighted by atomic mass is 16.5. The minimum Gasteiger partial charge on any atom is -0.493 e. The summed E-state index contributed by atoms with van der Waals surface area (Å²) in [6.07, 6.45) is -0.416. The average Bonchev–Trinajstić information content (AvgIpc) is 2.81. The number of hydrogen-bond acceptors (Lipinski definition) is 6. The summed E-state index contributed by atoms with van der Waals surface area (Å²) in [5.74, 6) is 0.0577. The lowest BCUT2D eigenvalue weighted by Gasteiger charge is -2.14. The number of nitrogens with one attached hydrogen (secondary N) is 1. The summed E-state index contributed by atoms with van der Waals surface area (Å²) in [5.41, 5.74) is 1.11. The number of rotatable bonds is 9. The van der Waals surface area contributed by atoms with Crippen LogP contribution in [-0.2, 0) is 14.3 Å². The van der Waals surface area contributed by atoms with E-state index in [9.17, 15) is 9.59 Å². The van der Waals surface area contributed by atoms with E-state index in [2.05, 4.69) is 5.32 Å². The van der Waals surface area contributed by atoms with Gasteiger partial charge in [-0.1, -0.05) is 30.3 Å². The molecular formula is C25H24N2O5. The SMILES string of the molecule is COc1cc(C#N)ccc1OCCCC(=O)OC(C)C(=O)Nc1ccc2ccccc2c1. The maximum absolute atomic E-state index is 12.4. The van der Waals surface area contributed by atoms with E-state index < -0.39 is 18.0 Å². The fourth-order valence-corrected chi connectivity index (χ4v) is 3.08. The first kappa shape index (κ1) is 22.6. The molecule has 0 saturated carbocycles. The van der Waals surface area contributed by atoms with E-state index in [1.54, 1.807) is 18.2 Å². The third-order valence-corrected chi connectivity index (χ3v) is 4.77. The summed E-state index contributed by atoms with van der Waals surface area (Å²) in [6.45, 7) is 1.79. The van der Waals surface area contributed by atoms with Crippen molar-refractivity contribution in [1.82, 2.24) is 0 Å². The van der Waals surface area contributed by atoms with E-state index in [-0.39, 0.29) is 13.0 Å². The minimum atomic E-state index is -0.923. The Morgan fingerprint density at radius 3 is 2.56 bits per heavy atom. The summed E-state index contributed by atoms with van der Waals surface area (Å²) in [4.78, 5) is 24.5. The number of nitrogens with zero attached hydrogens (tertiary/aromatic N) is 1. The van der Waals surface area contributed by atoms with Crippen molar-refractivity contribution in [1.29, 1.82) is 5.26 Å². The lowest BCUT2D eigenvalue weighted by molar-refractivity contribution is -0.153. The first-order valence-corrected chi connectivity index (χ1v) is 10.2. The molecule has 0 bridgehead atoms. The number of carbonyl (C=O) groups excluding carboxylic acids is 2. The van der Waals surface area contributed by atoms with Crippen LogP contribution in [0.5, 0.6) is 11.5 Å². The normalized spacial score (nSPS) is 11.3. The van der Waals surface area contributed by atoms with E-state index in [1.807, 2.05) is 48.5 Å². The molecule has 7 nitrogen and oxygen atoms in total. The van der Waals surface area contributed by atoms with E-state index in [0.29, 0.717) is 29.2 Å². The number of ether oxygens (including phenoxy) is 3. The van der Waals surface area contributed by atoms with Gasteiger partial charge in [0, 0.05) is 18.2 Å². The molecule has 1 amide bonds. The van der Waals surface area contributed by atoms with Crippen molar-refractivity contribution < 1.29 is 23.8 Å². The second-order valence-corrected chi connectivity index (χ2v) is 7.11. The number of anilines is 1. The van der Waals surface area contributed by atoms with Gasteiger partial charge in [-0.05, 0) is 48.4 Å². The number of benzene rings is 3.